The van der Waals surface area contributed by atoms with Crippen LogP contribution in [0.3, 0.4) is 0 Å². The molecular weight excluding hydrogens is 297 g/mol. The number of halogens is 1. The van der Waals surface area contributed by atoms with Crippen LogP contribution < -0.4 is 14.2 Å². The van der Waals surface area contributed by atoms with Crippen LogP contribution in [0.15, 0.2) is 36.4 Å². The Bertz CT molecular complexity index is 699. The highest BCUT2D eigenvalue weighted by Gasteiger charge is 2.19. The summed E-state index contributed by atoms with van der Waals surface area (Å²) in [7, 11) is 4.58. The highest BCUT2D eigenvalue weighted by molar-refractivity contribution is 5.54. The van der Waals surface area contributed by atoms with Crippen molar-refractivity contribution in [2.75, 3.05) is 21.3 Å². The van der Waals surface area contributed by atoms with Crippen molar-refractivity contribution >= 4 is 0 Å². The molecule has 0 aliphatic carbocycles. The summed E-state index contributed by atoms with van der Waals surface area (Å²) in [6.45, 7) is 0. The van der Waals surface area contributed by atoms with Crippen LogP contribution >= 0.6 is 0 Å². The van der Waals surface area contributed by atoms with E-state index in [1.54, 1.807) is 30.3 Å². The van der Waals surface area contributed by atoms with E-state index in [0.717, 1.165) is 5.56 Å². The molecule has 0 saturated heterocycles. The number of methoxy groups -OCH3 is 3. The Morgan fingerprint density at radius 1 is 1.04 bits per heavy atom. The molecule has 23 heavy (non-hydrogen) atoms. The third-order valence-electron chi connectivity index (χ3n) is 3.60. The smallest absolute Gasteiger partial charge is 0.203 e. The number of ether oxygens (including phenoxy) is 3. The van der Waals surface area contributed by atoms with Crippen molar-refractivity contribution in [3.63, 3.8) is 0 Å². The number of hydrogen-bond donors (Lipinski definition) is 0. The van der Waals surface area contributed by atoms with Crippen LogP contribution in [-0.2, 0) is 6.42 Å². The van der Waals surface area contributed by atoms with Gasteiger partial charge >= 0.3 is 0 Å². The normalized spacial score (nSPS) is 11.4. The van der Waals surface area contributed by atoms with E-state index < -0.39 is 5.92 Å². The quantitative estimate of drug-likeness (QED) is 0.815. The zero-order valence-corrected chi connectivity index (χ0v) is 13.3. The second kappa shape index (κ2) is 7.50. The van der Waals surface area contributed by atoms with E-state index in [2.05, 4.69) is 6.07 Å². The standard InChI is InChI=1S/C18H18FNO3/c1-21-16-9-12(10-17(22-2)18(16)23-3)8-13(11-20)14-6-4-5-7-15(14)19/h4-7,9-10,13H,8H2,1-3H3. The van der Waals surface area contributed by atoms with Gasteiger partial charge in [-0.25, -0.2) is 4.39 Å². The summed E-state index contributed by atoms with van der Waals surface area (Å²) in [5.41, 5.74) is 1.18. The number of nitriles is 1. The van der Waals surface area contributed by atoms with Gasteiger partial charge in [0.15, 0.2) is 11.5 Å². The molecule has 0 bridgehead atoms. The minimum atomic E-state index is -0.598. The molecule has 2 rings (SSSR count). The van der Waals surface area contributed by atoms with Crippen LogP contribution in [0.1, 0.15) is 17.0 Å². The largest absolute Gasteiger partial charge is 0.493 e. The third-order valence-corrected chi connectivity index (χ3v) is 3.60. The summed E-state index contributed by atoms with van der Waals surface area (Å²) in [5, 5.41) is 9.42. The Morgan fingerprint density at radius 2 is 1.65 bits per heavy atom. The van der Waals surface area contributed by atoms with Gasteiger partial charge in [0.1, 0.15) is 5.82 Å². The summed E-state index contributed by atoms with van der Waals surface area (Å²) >= 11 is 0. The van der Waals surface area contributed by atoms with Gasteiger partial charge in [0.25, 0.3) is 0 Å². The molecule has 1 unspecified atom stereocenters. The topological polar surface area (TPSA) is 51.5 Å². The van der Waals surface area contributed by atoms with Gasteiger partial charge in [-0.3, -0.25) is 0 Å². The average molecular weight is 315 g/mol. The lowest BCUT2D eigenvalue weighted by Gasteiger charge is -2.16. The second-order valence-electron chi connectivity index (χ2n) is 4.94. The molecule has 0 N–H and O–H groups in total. The monoisotopic (exact) mass is 315 g/mol. The SMILES string of the molecule is COc1cc(CC(C#N)c2ccccc2F)cc(OC)c1OC. The van der Waals surface area contributed by atoms with Crippen molar-refractivity contribution in [2.45, 2.75) is 12.3 Å². The Balaban J connectivity index is 2.39. The van der Waals surface area contributed by atoms with Crippen molar-refractivity contribution in [3.05, 3.63) is 53.3 Å². The van der Waals surface area contributed by atoms with E-state index >= 15 is 0 Å². The fourth-order valence-corrected chi connectivity index (χ4v) is 2.47. The van der Waals surface area contributed by atoms with Crippen molar-refractivity contribution in [1.82, 2.24) is 0 Å². The molecule has 120 valence electrons. The van der Waals surface area contributed by atoms with Crippen molar-refractivity contribution in [1.29, 1.82) is 5.26 Å². The first-order chi connectivity index (χ1) is 11.1. The van der Waals surface area contributed by atoms with E-state index in [0.29, 0.717) is 29.2 Å². The van der Waals surface area contributed by atoms with E-state index in [4.69, 9.17) is 14.2 Å². The van der Waals surface area contributed by atoms with Crippen LogP contribution in [0.5, 0.6) is 17.2 Å². The van der Waals surface area contributed by atoms with Gasteiger partial charge in [0, 0.05) is 5.56 Å². The molecule has 0 aromatic heterocycles. The van der Waals surface area contributed by atoms with Gasteiger partial charge < -0.3 is 14.2 Å². The third kappa shape index (κ3) is 3.54. The number of hydrogen-bond acceptors (Lipinski definition) is 4. The van der Waals surface area contributed by atoms with Gasteiger partial charge in [0.05, 0.1) is 33.3 Å². The number of nitrogens with zero attached hydrogens (tertiary/aromatic N) is 1. The predicted molar refractivity (Wildman–Crippen MR) is 84.6 cm³/mol. The van der Waals surface area contributed by atoms with Gasteiger partial charge in [-0.05, 0) is 30.2 Å². The molecule has 2 aromatic carbocycles. The first kappa shape index (κ1) is 16.6. The Kier molecular flexibility index (Phi) is 5.42. The summed E-state index contributed by atoms with van der Waals surface area (Å²) in [6.07, 6.45) is 0.341. The molecule has 4 nitrogen and oxygen atoms in total. The fraction of sp³-hybridized carbons (Fsp3) is 0.278. The average Bonchev–Trinajstić information content (AvgIpc) is 2.59. The van der Waals surface area contributed by atoms with Gasteiger partial charge in [-0.2, -0.15) is 5.26 Å². The van der Waals surface area contributed by atoms with E-state index in [9.17, 15) is 9.65 Å². The number of benzene rings is 2. The maximum absolute atomic E-state index is 13.9. The predicted octanol–water partition coefficient (Wildman–Crippen LogP) is 3.70. The van der Waals surface area contributed by atoms with E-state index in [1.165, 1.54) is 27.4 Å². The van der Waals surface area contributed by atoms with Crippen LogP contribution in [-0.4, -0.2) is 21.3 Å². The molecule has 0 heterocycles. The molecule has 5 heteroatoms. The highest BCUT2D eigenvalue weighted by Crippen LogP contribution is 2.39. The van der Waals surface area contributed by atoms with Crippen molar-refractivity contribution in [2.24, 2.45) is 0 Å². The zero-order chi connectivity index (χ0) is 16.8. The highest BCUT2D eigenvalue weighted by atomic mass is 19.1. The van der Waals surface area contributed by atoms with Crippen LogP contribution in [0, 0.1) is 17.1 Å². The molecule has 2 aromatic rings. The minimum Gasteiger partial charge on any atom is -0.493 e. The van der Waals surface area contributed by atoms with E-state index in [1.807, 2.05) is 0 Å². The summed E-state index contributed by atoms with van der Waals surface area (Å²) < 4.78 is 29.8. The lowest BCUT2D eigenvalue weighted by atomic mass is 9.92. The molecule has 0 aliphatic rings. The molecule has 1 atom stereocenters. The van der Waals surface area contributed by atoms with Crippen molar-refractivity contribution in [3.8, 4) is 23.3 Å². The Morgan fingerprint density at radius 3 is 2.13 bits per heavy atom. The van der Waals surface area contributed by atoms with Gasteiger partial charge in [-0.15, -0.1) is 0 Å². The molecule has 0 amide bonds. The van der Waals surface area contributed by atoms with Crippen molar-refractivity contribution < 1.29 is 18.6 Å². The molecule has 0 fully saturated rings. The minimum absolute atomic E-state index is 0.341. The maximum atomic E-state index is 13.9. The molecule has 0 radical (unpaired) electrons. The fourth-order valence-electron chi connectivity index (χ4n) is 2.47. The maximum Gasteiger partial charge on any atom is 0.203 e. The van der Waals surface area contributed by atoms with Crippen LogP contribution in [0.2, 0.25) is 0 Å². The summed E-state index contributed by atoms with van der Waals surface area (Å²) in [4.78, 5) is 0. The summed E-state index contributed by atoms with van der Waals surface area (Å²) in [5.74, 6) is 0.516. The van der Waals surface area contributed by atoms with Crippen LogP contribution in [0.4, 0.5) is 4.39 Å². The van der Waals surface area contributed by atoms with Crippen LogP contribution in [0.25, 0.3) is 0 Å². The number of rotatable bonds is 6. The first-order valence-electron chi connectivity index (χ1n) is 7.07. The second-order valence-corrected chi connectivity index (χ2v) is 4.94. The molecule has 0 saturated carbocycles. The lowest BCUT2D eigenvalue weighted by Crippen LogP contribution is -2.04. The first-order valence-corrected chi connectivity index (χ1v) is 7.07. The van der Waals surface area contributed by atoms with Gasteiger partial charge in [-0.1, -0.05) is 18.2 Å². The Hall–Kier alpha value is -2.74. The summed E-state index contributed by atoms with van der Waals surface area (Å²) in [6, 6.07) is 12.0. The molecule has 0 aliphatic heterocycles. The Labute approximate surface area is 135 Å². The zero-order valence-electron chi connectivity index (χ0n) is 13.3. The molecule has 0 spiro atoms. The lowest BCUT2D eigenvalue weighted by molar-refractivity contribution is 0.323. The molecular formula is C18H18FNO3. The van der Waals surface area contributed by atoms with Gasteiger partial charge in [0.2, 0.25) is 5.75 Å². The van der Waals surface area contributed by atoms with E-state index in [-0.39, 0.29) is 5.82 Å².